The third-order valence-corrected chi connectivity index (χ3v) is 5.64. The van der Waals surface area contributed by atoms with Gasteiger partial charge in [-0.2, -0.15) is 0 Å². The number of rotatable bonds is 6. The van der Waals surface area contributed by atoms with Crippen LogP contribution in [0.3, 0.4) is 0 Å². The molecule has 2 saturated heterocycles. The van der Waals surface area contributed by atoms with E-state index in [-0.39, 0.29) is 31.5 Å². The number of carbonyl (C=O) groups is 2. The Balaban J connectivity index is 1.42. The molecule has 2 aromatic rings. The number of nitrogens with zero attached hydrogens (tertiary/aromatic N) is 1. The van der Waals surface area contributed by atoms with E-state index in [2.05, 4.69) is 15.6 Å². The van der Waals surface area contributed by atoms with E-state index in [1.54, 1.807) is 42.6 Å². The van der Waals surface area contributed by atoms with Gasteiger partial charge in [-0.05, 0) is 38.1 Å². The molecule has 1 aromatic carbocycles. The van der Waals surface area contributed by atoms with Crippen molar-refractivity contribution in [2.45, 2.75) is 37.4 Å². The lowest BCUT2D eigenvalue weighted by Gasteiger charge is -2.27. The molecule has 9 heteroatoms. The summed E-state index contributed by atoms with van der Waals surface area (Å²) in [5.74, 6) is -1.40. The molecule has 31 heavy (non-hydrogen) atoms. The Morgan fingerprint density at radius 2 is 1.97 bits per heavy atom. The van der Waals surface area contributed by atoms with Gasteiger partial charge in [0.05, 0.1) is 29.3 Å². The summed E-state index contributed by atoms with van der Waals surface area (Å²) in [5.41, 5.74) is -0.0154. The Bertz CT molecular complexity index is 971. The van der Waals surface area contributed by atoms with Crippen molar-refractivity contribution in [1.82, 2.24) is 15.6 Å². The molecule has 2 amide bonds. The number of nitrogens with one attached hydrogen (secondary N) is 2. The number of aromatic nitrogens is 1. The van der Waals surface area contributed by atoms with Gasteiger partial charge in [-0.3, -0.25) is 14.6 Å². The topological polar surface area (TPSA) is 98.8 Å². The van der Waals surface area contributed by atoms with Gasteiger partial charge in [0.15, 0.2) is 5.79 Å². The minimum atomic E-state index is -0.860. The fraction of sp³-hybridized carbons (Fsp3) is 0.409. The van der Waals surface area contributed by atoms with E-state index in [1.807, 2.05) is 13.8 Å². The largest absolute Gasteiger partial charge is 0.370 e. The molecule has 1 aromatic heterocycles. The van der Waals surface area contributed by atoms with E-state index >= 15 is 0 Å². The fourth-order valence-electron chi connectivity index (χ4n) is 3.96. The van der Waals surface area contributed by atoms with Crippen LogP contribution in [-0.4, -0.2) is 60.1 Å². The van der Waals surface area contributed by atoms with Crippen molar-refractivity contribution in [3.63, 3.8) is 0 Å². The van der Waals surface area contributed by atoms with Gasteiger partial charge in [0.25, 0.3) is 11.8 Å². The Morgan fingerprint density at radius 1 is 1.16 bits per heavy atom. The Morgan fingerprint density at radius 3 is 2.71 bits per heavy atom. The summed E-state index contributed by atoms with van der Waals surface area (Å²) >= 11 is 6.10. The van der Waals surface area contributed by atoms with Crippen LogP contribution in [0.4, 0.5) is 0 Å². The number of hydrogen-bond acceptors (Lipinski definition) is 6. The summed E-state index contributed by atoms with van der Waals surface area (Å²) in [4.78, 5) is 28.9. The molecule has 2 aliphatic rings. The molecule has 2 fully saturated rings. The van der Waals surface area contributed by atoms with E-state index < -0.39 is 23.6 Å². The molecule has 0 saturated carbocycles. The van der Waals surface area contributed by atoms with Gasteiger partial charge in [0.1, 0.15) is 17.8 Å². The van der Waals surface area contributed by atoms with Crippen LogP contribution < -0.4 is 10.6 Å². The number of halogens is 1. The predicted molar refractivity (Wildman–Crippen MR) is 113 cm³/mol. The van der Waals surface area contributed by atoms with Gasteiger partial charge < -0.3 is 24.8 Å². The fourth-order valence-corrected chi connectivity index (χ4v) is 4.18. The molecule has 0 radical (unpaired) electrons. The third kappa shape index (κ3) is 4.57. The van der Waals surface area contributed by atoms with Crippen molar-refractivity contribution in [2.24, 2.45) is 0 Å². The van der Waals surface area contributed by atoms with Crippen LogP contribution in [0, 0.1) is 0 Å². The van der Waals surface area contributed by atoms with E-state index in [0.29, 0.717) is 16.1 Å². The van der Waals surface area contributed by atoms with Crippen LogP contribution in [0.25, 0.3) is 0 Å². The van der Waals surface area contributed by atoms with Crippen molar-refractivity contribution in [1.29, 1.82) is 0 Å². The van der Waals surface area contributed by atoms with E-state index in [1.165, 1.54) is 6.20 Å². The number of amides is 2. The van der Waals surface area contributed by atoms with Crippen LogP contribution in [0.2, 0.25) is 5.02 Å². The highest BCUT2D eigenvalue weighted by Crippen LogP contribution is 2.43. The van der Waals surface area contributed by atoms with Crippen molar-refractivity contribution in [3.05, 3.63) is 64.9 Å². The average Bonchev–Trinajstić information content (AvgIpc) is 3.21. The van der Waals surface area contributed by atoms with Gasteiger partial charge in [-0.25, -0.2) is 0 Å². The molecule has 4 rings (SSSR count). The van der Waals surface area contributed by atoms with Gasteiger partial charge in [0, 0.05) is 18.9 Å². The predicted octanol–water partition coefficient (Wildman–Crippen LogP) is 2.18. The zero-order valence-corrected chi connectivity index (χ0v) is 18.0. The first-order chi connectivity index (χ1) is 14.8. The summed E-state index contributed by atoms with van der Waals surface area (Å²) < 4.78 is 18.2. The second-order valence-electron chi connectivity index (χ2n) is 8.07. The van der Waals surface area contributed by atoms with Gasteiger partial charge in [-0.1, -0.05) is 23.7 Å². The molecule has 0 aliphatic carbocycles. The molecule has 2 aliphatic heterocycles. The summed E-state index contributed by atoms with van der Waals surface area (Å²) in [6.45, 7) is 4.27. The molecule has 3 heterocycles. The molecule has 0 bridgehead atoms. The highest BCUT2D eigenvalue weighted by Gasteiger charge is 2.61. The van der Waals surface area contributed by atoms with Crippen molar-refractivity contribution < 1.29 is 23.8 Å². The van der Waals surface area contributed by atoms with E-state index in [4.69, 9.17) is 25.8 Å². The van der Waals surface area contributed by atoms with Gasteiger partial charge >= 0.3 is 0 Å². The van der Waals surface area contributed by atoms with Crippen molar-refractivity contribution >= 4 is 23.4 Å². The normalized spacial score (nSPS) is 26.3. The summed E-state index contributed by atoms with van der Waals surface area (Å²) in [6.07, 6.45) is 2.19. The highest BCUT2D eigenvalue weighted by atomic mass is 35.5. The molecular formula is C22H24ClN3O5. The quantitative estimate of drug-likeness (QED) is 0.707. The first-order valence-corrected chi connectivity index (χ1v) is 10.4. The molecule has 8 nitrogen and oxygen atoms in total. The lowest BCUT2D eigenvalue weighted by Crippen LogP contribution is -2.52. The Hall–Kier alpha value is -2.52. The lowest BCUT2D eigenvalue weighted by molar-refractivity contribution is -0.188. The van der Waals surface area contributed by atoms with Crippen LogP contribution >= 0.6 is 11.6 Å². The number of fused-ring (bicyclic) bond motifs is 1. The van der Waals surface area contributed by atoms with Crippen LogP contribution in [0.1, 0.15) is 34.6 Å². The molecule has 0 spiro atoms. The van der Waals surface area contributed by atoms with Crippen molar-refractivity contribution in [3.8, 4) is 0 Å². The molecule has 164 valence electrons. The maximum Gasteiger partial charge on any atom is 0.252 e. The lowest BCUT2D eigenvalue weighted by atomic mass is 9.96. The molecular weight excluding hydrogens is 422 g/mol. The minimum absolute atomic E-state index is 0.198. The highest BCUT2D eigenvalue weighted by molar-refractivity contribution is 6.33. The number of hydrogen-bond donors (Lipinski definition) is 2. The number of benzene rings is 1. The monoisotopic (exact) mass is 445 g/mol. The van der Waals surface area contributed by atoms with E-state index in [9.17, 15) is 9.59 Å². The van der Waals surface area contributed by atoms with Gasteiger partial charge in [-0.15, -0.1) is 0 Å². The molecule has 2 N–H and O–H groups in total. The number of carbonyl (C=O) groups excluding carboxylic acids is 2. The smallest absolute Gasteiger partial charge is 0.252 e. The minimum Gasteiger partial charge on any atom is -0.370 e. The number of pyridine rings is 1. The Kier molecular flexibility index (Phi) is 5.98. The van der Waals surface area contributed by atoms with Crippen LogP contribution in [0.5, 0.6) is 0 Å². The summed E-state index contributed by atoms with van der Waals surface area (Å²) in [7, 11) is 0. The first kappa shape index (κ1) is 21.7. The zero-order chi connectivity index (χ0) is 22.1. The van der Waals surface area contributed by atoms with Crippen molar-refractivity contribution in [2.75, 3.05) is 19.7 Å². The second kappa shape index (κ2) is 8.55. The van der Waals surface area contributed by atoms with Crippen LogP contribution in [-0.2, 0) is 14.2 Å². The maximum atomic E-state index is 12.5. The van der Waals surface area contributed by atoms with Gasteiger partial charge in [0.2, 0.25) is 0 Å². The number of ether oxygens (including phenoxy) is 3. The maximum absolute atomic E-state index is 12.5. The zero-order valence-electron chi connectivity index (χ0n) is 17.3. The second-order valence-corrected chi connectivity index (χ2v) is 8.48. The SMILES string of the molecule is CC1(C)O[C@@H]2[C@@H](CNC(=O)c3ccccc3Cl)OC[C@]2(CNC(=O)c2cccnc2)O1. The molecule has 3 atom stereocenters. The van der Waals surface area contributed by atoms with Crippen LogP contribution in [0.15, 0.2) is 48.8 Å². The standard InChI is InChI=1S/C22H24ClN3O5/c1-21(2)30-18-17(11-25-20(28)15-7-3-4-8-16(15)23)29-13-22(18,31-21)12-26-19(27)14-6-5-9-24-10-14/h3-10,17-18H,11-13H2,1-2H3,(H,25,28)(H,26,27)/t17-,18-,22+/m1/s1. The molecule has 0 unspecified atom stereocenters. The average molecular weight is 446 g/mol. The summed E-state index contributed by atoms with van der Waals surface area (Å²) in [5, 5.41) is 6.12. The Labute approximate surface area is 185 Å². The third-order valence-electron chi connectivity index (χ3n) is 5.31. The van der Waals surface area contributed by atoms with E-state index in [0.717, 1.165) is 0 Å². The first-order valence-electron chi connectivity index (χ1n) is 10.0. The summed E-state index contributed by atoms with van der Waals surface area (Å²) in [6, 6.07) is 10.2.